The van der Waals surface area contributed by atoms with Crippen LogP contribution in [0.2, 0.25) is 0 Å². The van der Waals surface area contributed by atoms with E-state index < -0.39 is 48.3 Å². The fourth-order valence-electron chi connectivity index (χ4n) is 6.40. The molecule has 0 saturated carbocycles. The summed E-state index contributed by atoms with van der Waals surface area (Å²) >= 11 is 0. The lowest BCUT2D eigenvalue weighted by molar-refractivity contribution is -0.329. The van der Waals surface area contributed by atoms with E-state index in [0.717, 1.165) is 28.3 Å². The Morgan fingerprint density at radius 2 is 1.63 bits per heavy atom. The zero-order valence-corrected chi connectivity index (χ0v) is 28.0. The van der Waals surface area contributed by atoms with Gasteiger partial charge in [-0.05, 0) is 48.1 Å². The van der Waals surface area contributed by atoms with Crippen LogP contribution in [0.25, 0.3) is 10.8 Å². The van der Waals surface area contributed by atoms with Crippen molar-refractivity contribution in [3.63, 3.8) is 0 Å². The van der Waals surface area contributed by atoms with E-state index in [4.69, 9.17) is 23.7 Å². The van der Waals surface area contributed by atoms with E-state index in [1.165, 1.54) is 7.11 Å². The van der Waals surface area contributed by atoms with E-state index in [-0.39, 0.29) is 25.4 Å². The number of fused-ring (bicyclic) bond motifs is 1. The molecule has 2 fully saturated rings. The van der Waals surface area contributed by atoms with E-state index in [0.29, 0.717) is 38.8 Å². The van der Waals surface area contributed by atoms with Crippen LogP contribution in [0.15, 0.2) is 72.8 Å². The Morgan fingerprint density at radius 1 is 0.898 bits per heavy atom. The summed E-state index contributed by atoms with van der Waals surface area (Å²) in [6, 6.07) is 22.7. The fourth-order valence-corrected chi connectivity index (χ4v) is 6.40. The van der Waals surface area contributed by atoms with Crippen LogP contribution in [0.4, 0.5) is 9.59 Å². The largest absolute Gasteiger partial charge is 0.467 e. The van der Waals surface area contributed by atoms with E-state index in [1.54, 1.807) is 6.92 Å². The number of rotatable bonds is 12. The third-order valence-electron chi connectivity index (χ3n) is 8.79. The minimum Gasteiger partial charge on any atom is -0.467 e. The molecule has 3 N–H and O–H groups in total. The molecule has 3 aromatic rings. The SMILES string of the molecule is COC(=O)[C@H](C)NC(=O)CCC1CC(OC(=O)NCc2cccc3ccccc23)CC2(CCCC(COC(=O)NCc3ccccc3)O2)O1. The van der Waals surface area contributed by atoms with E-state index in [1.807, 2.05) is 72.8 Å². The lowest BCUT2D eigenvalue weighted by atomic mass is 9.90. The molecular formula is C37H45N3O9. The third-order valence-corrected chi connectivity index (χ3v) is 8.79. The van der Waals surface area contributed by atoms with Gasteiger partial charge in [-0.25, -0.2) is 14.4 Å². The predicted molar refractivity (Wildman–Crippen MR) is 180 cm³/mol. The zero-order valence-electron chi connectivity index (χ0n) is 28.0. The lowest BCUT2D eigenvalue weighted by Crippen LogP contribution is -2.53. The molecule has 5 rings (SSSR count). The first-order valence-corrected chi connectivity index (χ1v) is 16.8. The molecule has 0 radical (unpaired) electrons. The summed E-state index contributed by atoms with van der Waals surface area (Å²) in [5.41, 5.74) is 1.92. The molecule has 2 heterocycles. The Kier molecular flexibility index (Phi) is 12.4. The molecule has 12 nitrogen and oxygen atoms in total. The average molecular weight is 676 g/mol. The van der Waals surface area contributed by atoms with Gasteiger partial charge in [0.2, 0.25) is 5.91 Å². The van der Waals surface area contributed by atoms with Crippen molar-refractivity contribution in [3.05, 3.63) is 83.9 Å². The highest BCUT2D eigenvalue weighted by Crippen LogP contribution is 2.41. The topological polar surface area (TPSA) is 151 Å². The summed E-state index contributed by atoms with van der Waals surface area (Å²) in [5.74, 6) is -1.96. The van der Waals surface area contributed by atoms with Crippen LogP contribution < -0.4 is 16.0 Å². The smallest absolute Gasteiger partial charge is 0.407 e. The third kappa shape index (κ3) is 10.4. The van der Waals surface area contributed by atoms with Crippen molar-refractivity contribution in [2.24, 2.45) is 0 Å². The normalized spacial score (nSPS) is 22.4. The van der Waals surface area contributed by atoms with Crippen molar-refractivity contribution < 1.29 is 42.9 Å². The van der Waals surface area contributed by atoms with Gasteiger partial charge in [-0.1, -0.05) is 72.8 Å². The molecule has 49 heavy (non-hydrogen) atoms. The van der Waals surface area contributed by atoms with Crippen LogP contribution in [0.3, 0.4) is 0 Å². The average Bonchev–Trinajstić information content (AvgIpc) is 3.11. The summed E-state index contributed by atoms with van der Waals surface area (Å²) in [4.78, 5) is 49.9. The van der Waals surface area contributed by atoms with Gasteiger partial charge < -0.3 is 39.6 Å². The van der Waals surface area contributed by atoms with Crippen LogP contribution in [0.5, 0.6) is 0 Å². The number of esters is 1. The van der Waals surface area contributed by atoms with Crippen molar-refractivity contribution >= 4 is 34.8 Å². The maximum Gasteiger partial charge on any atom is 0.407 e. The Morgan fingerprint density at radius 3 is 2.45 bits per heavy atom. The van der Waals surface area contributed by atoms with Crippen molar-refractivity contribution in [1.82, 2.24) is 16.0 Å². The second kappa shape index (κ2) is 17.1. The summed E-state index contributed by atoms with van der Waals surface area (Å²) < 4.78 is 29.1. The van der Waals surface area contributed by atoms with Gasteiger partial charge in [0.25, 0.3) is 0 Å². The van der Waals surface area contributed by atoms with Crippen molar-refractivity contribution in [2.45, 2.75) is 95.1 Å². The number of carbonyl (C=O) groups excluding carboxylic acids is 4. The number of carbonyl (C=O) groups is 4. The maximum atomic E-state index is 13.1. The van der Waals surface area contributed by atoms with Gasteiger partial charge in [0.05, 0.1) is 19.3 Å². The Hall–Kier alpha value is -4.68. The summed E-state index contributed by atoms with van der Waals surface area (Å²) in [5, 5.41) is 10.4. The van der Waals surface area contributed by atoms with Crippen LogP contribution in [-0.4, -0.2) is 67.9 Å². The summed E-state index contributed by atoms with van der Waals surface area (Å²) in [7, 11) is 1.26. The number of benzene rings is 3. The molecule has 2 aliphatic heterocycles. The molecule has 3 amide bonds. The Balaban J connectivity index is 1.19. The highest BCUT2D eigenvalue weighted by Gasteiger charge is 2.47. The van der Waals surface area contributed by atoms with Crippen molar-refractivity contribution in [3.8, 4) is 0 Å². The molecule has 0 aromatic heterocycles. The summed E-state index contributed by atoms with van der Waals surface area (Å²) in [6.07, 6.45) is 0.397. The van der Waals surface area contributed by atoms with Gasteiger partial charge in [0.1, 0.15) is 18.8 Å². The molecule has 1 spiro atoms. The Labute approximate surface area is 286 Å². The van der Waals surface area contributed by atoms with Crippen LogP contribution in [0.1, 0.15) is 63.0 Å². The highest BCUT2D eigenvalue weighted by atomic mass is 16.7. The van der Waals surface area contributed by atoms with Crippen molar-refractivity contribution in [1.29, 1.82) is 0 Å². The second-order valence-corrected chi connectivity index (χ2v) is 12.5. The molecule has 4 unspecified atom stereocenters. The number of amides is 3. The predicted octanol–water partition coefficient (Wildman–Crippen LogP) is 5.26. The number of alkyl carbamates (subject to hydrolysis) is 2. The minimum atomic E-state index is -1.09. The number of ether oxygens (including phenoxy) is 5. The van der Waals surface area contributed by atoms with Crippen LogP contribution in [-0.2, 0) is 46.4 Å². The number of hydrogen-bond acceptors (Lipinski definition) is 9. The number of nitrogens with one attached hydrogen (secondary N) is 3. The van der Waals surface area contributed by atoms with Gasteiger partial charge in [0, 0.05) is 38.8 Å². The first-order valence-electron chi connectivity index (χ1n) is 16.8. The standard InChI is InChI=1S/C37H45N3O9/c1-25(34(42)45-2)40-33(41)18-17-29-20-31(47-36(44)39-23-28-14-8-13-27-12-6-7-16-32(27)28)21-37(48-29)19-9-15-30(49-37)24-46-35(43)38-22-26-10-4-3-5-11-26/h3-8,10-14,16,25,29-31H,9,15,17-24H2,1-2H3,(H,38,43)(H,39,44)(H,40,41)/t25-,29?,30?,31?,37?/m0/s1. The lowest BCUT2D eigenvalue weighted by Gasteiger charge is -2.47. The Bertz CT molecular complexity index is 1580. The number of methoxy groups -OCH3 is 1. The quantitative estimate of drug-likeness (QED) is 0.173. The molecule has 0 bridgehead atoms. The van der Waals surface area contributed by atoms with Gasteiger partial charge in [-0.3, -0.25) is 4.79 Å². The second-order valence-electron chi connectivity index (χ2n) is 12.5. The molecule has 262 valence electrons. The van der Waals surface area contributed by atoms with Crippen LogP contribution in [0, 0.1) is 0 Å². The molecule has 2 aliphatic rings. The van der Waals surface area contributed by atoms with E-state index in [9.17, 15) is 19.2 Å². The van der Waals surface area contributed by atoms with Gasteiger partial charge in [-0.15, -0.1) is 0 Å². The monoisotopic (exact) mass is 675 g/mol. The van der Waals surface area contributed by atoms with Crippen LogP contribution >= 0.6 is 0 Å². The molecule has 2 saturated heterocycles. The summed E-state index contributed by atoms with van der Waals surface area (Å²) in [6.45, 7) is 2.21. The minimum absolute atomic E-state index is 0.0290. The van der Waals surface area contributed by atoms with Gasteiger partial charge in [-0.2, -0.15) is 0 Å². The van der Waals surface area contributed by atoms with E-state index in [2.05, 4.69) is 16.0 Å². The highest BCUT2D eigenvalue weighted by molar-refractivity contribution is 5.86. The zero-order chi connectivity index (χ0) is 34.6. The maximum absolute atomic E-state index is 13.1. The van der Waals surface area contributed by atoms with Crippen molar-refractivity contribution in [2.75, 3.05) is 13.7 Å². The molecule has 0 aliphatic carbocycles. The first kappa shape index (κ1) is 35.6. The van der Waals surface area contributed by atoms with E-state index >= 15 is 0 Å². The molecular weight excluding hydrogens is 630 g/mol. The first-order chi connectivity index (χ1) is 23.7. The number of hydrogen-bond donors (Lipinski definition) is 3. The molecule has 3 aromatic carbocycles. The fraction of sp³-hybridized carbons (Fsp3) is 0.459. The molecule has 5 atom stereocenters. The molecule has 12 heteroatoms. The van der Waals surface area contributed by atoms with Gasteiger partial charge >= 0.3 is 18.2 Å². The van der Waals surface area contributed by atoms with Gasteiger partial charge in [0.15, 0.2) is 5.79 Å².